The van der Waals surface area contributed by atoms with Crippen LogP contribution in [0.15, 0.2) is 0 Å². The van der Waals surface area contributed by atoms with E-state index in [0.717, 1.165) is 44.9 Å². The molecule has 0 aliphatic heterocycles. The molecule has 0 spiro atoms. The van der Waals surface area contributed by atoms with Gasteiger partial charge in [-0.25, -0.2) is 0 Å². The number of amides is 2. The summed E-state index contributed by atoms with van der Waals surface area (Å²) in [6, 6.07) is 0. The van der Waals surface area contributed by atoms with Crippen LogP contribution in [-0.2, 0) is 14.4 Å². The Balaban J connectivity index is 3.24. The van der Waals surface area contributed by atoms with Crippen LogP contribution in [0.5, 0.6) is 0 Å². The second kappa shape index (κ2) is 12.6. The summed E-state index contributed by atoms with van der Waals surface area (Å²) >= 11 is 0. The number of nitrogens with two attached hydrogens (primary N) is 1. The molecule has 20 heavy (non-hydrogen) atoms. The number of Topliss-reactive ketones (excluding diaryl/α,β-unsaturated/α-hetero) is 1. The van der Waals surface area contributed by atoms with Crippen molar-refractivity contribution in [3.63, 3.8) is 0 Å². The maximum absolute atomic E-state index is 11.6. The zero-order valence-electron chi connectivity index (χ0n) is 12.6. The minimum Gasteiger partial charge on any atom is -0.370 e. The van der Waals surface area contributed by atoms with Crippen LogP contribution in [0.1, 0.15) is 71.1 Å². The lowest BCUT2D eigenvalue weighted by atomic mass is 10.0. The minimum atomic E-state index is -0.250. The quantitative estimate of drug-likeness (QED) is 0.507. The van der Waals surface area contributed by atoms with E-state index in [2.05, 4.69) is 5.32 Å². The van der Waals surface area contributed by atoms with Crippen LogP contribution >= 0.6 is 0 Å². The number of unbranched alkanes of at least 4 members (excludes halogenated alkanes) is 5. The summed E-state index contributed by atoms with van der Waals surface area (Å²) in [5.74, 6) is 0.0668. The highest BCUT2D eigenvalue weighted by atomic mass is 16.1. The van der Waals surface area contributed by atoms with Crippen molar-refractivity contribution in [3.05, 3.63) is 0 Å². The third kappa shape index (κ3) is 14.7. The molecule has 0 saturated carbocycles. The number of primary amides is 1. The van der Waals surface area contributed by atoms with E-state index in [1.165, 1.54) is 6.92 Å². The number of carbonyl (C=O) groups is 3. The normalized spacial score (nSPS) is 10.2. The standard InChI is InChI=1S/C15H28N2O3/c1-13(18)17-12-8-4-6-10-14(19)9-5-2-3-7-11-15(16)20/h2-12H2,1H3,(H2,16,20)(H,17,18). The van der Waals surface area contributed by atoms with Crippen molar-refractivity contribution in [1.82, 2.24) is 5.32 Å². The van der Waals surface area contributed by atoms with Gasteiger partial charge in [0, 0.05) is 32.7 Å². The molecular weight excluding hydrogens is 256 g/mol. The molecule has 0 aliphatic rings. The highest BCUT2D eigenvalue weighted by Gasteiger charge is 2.02. The highest BCUT2D eigenvalue weighted by molar-refractivity contribution is 5.78. The van der Waals surface area contributed by atoms with E-state index in [1.807, 2.05) is 0 Å². The van der Waals surface area contributed by atoms with Crippen molar-refractivity contribution in [2.45, 2.75) is 71.1 Å². The van der Waals surface area contributed by atoms with Gasteiger partial charge in [0.05, 0.1) is 0 Å². The van der Waals surface area contributed by atoms with E-state index < -0.39 is 0 Å². The van der Waals surface area contributed by atoms with Gasteiger partial charge in [-0.2, -0.15) is 0 Å². The smallest absolute Gasteiger partial charge is 0.217 e. The Morgan fingerprint density at radius 3 is 1.80 bits per heavy atom. The zero-order valence-corrected chi connectivity index (χ0v) is 12.6. The first-order valence-electron chi connectivity index (χ1n) is 7.57. The van der Waals surface area contributed by atoms with E-state index in [1.54, 1.807) is 0 Å². The SMILES string of the molecule is CC(=O)NCCCCCC(=O)CCCCCCC(N)=O. The molecule has 0 fully saturated rings. The van der Waals surface area contributed by atoms with Crippen LogP contribution < -0.4 is 11.1 Å². The Kier molecular flexibility index (Phi) is 11.8. The summed E-state index contributed by atoms with van der Waals surface area (Å²) in [5.41, 5.74) is 5.05. The Bertz CT molecular complexity index is 275. The summed E-state index contributed by atoms with van der Waals surface area (Å²) in [6.07, 6.45) is 8.22. The van der Waals surface area contributed by atoms with E-state index in [9.17, 15) is 14.4 Å². The number of nitrogens with one attached hydrogen (secondary N) is 1. The first kappa shape index (κ1) is 18.6. The first-order chi connectivity index (χ1) is 9.52. The molecule has 5 nitrogen and oxygen atoms in total. The molecule has 3 N–H and O–H groups in total. The van der Waals surface area contributed by atoms with Gasteiger partial charge in [0.1, 0.15) is 5.78 Å². The molecule has 0 saturated heterocycles. The third-order valence-corrected chi connectivity index (χ3v) is 3.14. The second-order valence-corrected chi connectivity index (χ2v) is 5.21. The van der Waals surface area contributed by atoms with Crippen LogP contribution in [0.2, 0.25) is 0 Å². The molecule has 0 aliphatic carbocycles. The molecule has 0 atom stereocenters. The fraction of sp³-hybridized carbons (Fsp3) is 0.800. The number of ketones is 1. The first-order valence-corrected chi connectivity index (χ1v) is 7.57. The number of hydrogen-bond donors (Lipinski definition) is 2. The van der Waals surface area contributed by atoms with Gasteiger partial charge in [0.2, 0.25) is 11.8 Å². The maximum Gasteiger partial charge on any atom is 0.217 e. The van der Waals surface area contributed by atoms with Crippen LogP contribution in [0, 0.1) is 0 Å². The van der Waals surface area contributed by atoms with Gasteiger partial charge >= 0.3 is 0 Å². The van der Waals surface area contributed by atoms with Crippen molar-refractivity contribution in [1.29, 1.82) is 0 Å². The molecule has 0 radical (unpaired) electrons. The van der Waals surface area contributed by atoms with Gasteiger partial charge in [-0.05, 0) is 25.7 Å². The fourth-order valence-corrected chi connectivity index (χ4v) is 1.99. The van der Waals surface area contributed by atoms with E-state index in [0.29, 0.717) is 31.6 Å². The number of rotatable bonds is 13. The monoisotopic (exact) mass is 284 g/mol. The van der Waals surface area contributed by atoms with Crippen molar-refractivity contribution in [2.75, 3.05) is 6.54 Å². The topological polar surface area (TPSA) is 89.3 Å². The highest BCUT2D eigenvalue weighted by Crippen LogP contribution is 2.08. The Hall–Kier alpha value is -1.39. The second-order valence-electron chi connectivity index (χ2n) is 5.21. The van der Waals surface area contributed by atoms with Crippen LogP contribution in [0.4, 0.5) is 0 Å². The van der Waals surface area contributed by atoms with Gasteiger partial charge in [0.15, 0.2) is 0 Å². The molecule has 0 unspecified atom stereocenters. The van der Waals surface area contributed by atoms with Gasteiger partial charge in [0.25, 0.3) is 0 Å². The number of hydrogen-bond acceptors (Lipinski definition) is 3. The zero-order chi connectivity index (χ0) is 15.2. The molecule has 116 valence electrons. The van der Waals surface area contributed by atoms with E-state index in [-0.39, 0.29) is 11.8 Å². The van der Waals surface area contributed by atoms with Crippen LogP contribution in [0.25, 0.3) is 0 Å². The lowest BCUT2D eigenvalue weighted by Gasteiger charge is -2.03. The average molecular weight is 284 g/mol. The predicted molar refractivity (Wildman–Crippen MR) is 79.1 cm³/mol. The Morgan fingerprint density at radius 2 is 1.30 bits per heavy atom. The minimum absolute atomic E-state index is 0.00240. The third-order valence-electron chi connectivity index (χ3n) is 3.14. The van der Waals surface area contributed by atoms with Gasteiger partial charge in [-0.3, -0.25) is 14.4 Å². The lowest BCUT2D eigenvalue weighted by Crippen LogP contribution is -2.20. The van der Waals surface area contributed by atoms with Gasteiger partial charge in [-0.15, -0.1) is 0 Å². The van der Waals surface area contributed by atoms with Crippen molar-refractivity contribution in [3.8, 4) is 0 Å². The van der Waals surface area contributed by atoms with Crippen LogP contribution in [-0.4, -0.2) is 24.1 Å². The van der Waals surface area contributed by atoms with Crippen molar-refractivity contribution < 1.29 is 14.4 Å². The number of carbonyl (C=O) groups excluding carboxylic acids is 3. The summed E-state index contributed by atoms with van der Waals surface area (Å²) in [5, 5.41) is 2.74. The summed E-state index contributed by atoms with van der Waals surface area (Å²) in [4.78, 5) is 32.7. The largest absolute Gasteiger partial charge is 0.370 e. The molecule has 0 rings (SSSR count). The van der Waals surface area contributed by atoms with E-state index in [4.69, 9.17) is 5.73 Å². The molecule has 0 bridgehead atoms. The lowest BCUT2D eigenvalue weighted by molar-refractivity contribution is -0.120. The molecule has 0 aromatic rings. The van der Waals surface area contributed by atoms with Crippen LogP contribution in [0.3, 0.4) is 0 Å². The van der Waals surface area contributed by atoms with Crippen molar-refractivity contribution in [2.24, 2.45) is 5.73 Å². The molecule has 5 heteroatoms. The van der Waals surface area contributed by atoms with Gasteiger partial charge < -0.3 is 11.1 Å². The van der Waals surface area contributed by atoms with E-state index >= 15 is 0 Å². The molecular formula is C15H28N2O3. The molecule has 0 aromatic carbocycles. The molecule has 0 heterocycles. The fourth-order valence-electron chi connectivity index (χ4n) is 1.99. The summed E-state index contributed by atoms with van der Waals surface area (Å²) in [6.45, 7) is 2.20. The molecule has 2 amide bonds. The maximum atomic E-state index is 11.6. The molecule has 0 aromatic heterocycles. The van der Waals surface area contributed by atoms with Gasteiger partial charge in [-0.1, -0.05) is 19.3 Å². The van der Waals surface area contributed by atoms with Crippen molar-refractivity contribution >= 4 is 17.6 Å². The summed E-state index contributed by atoms with van der Waals surface area (Å²) < 4.78 is 0. The Labute approximate surface area is 121 Å². The summed E-state index contributed by atoms with van der Waals surface area (Å²) in [7, 11) is 0. The average Bonchev–Trinajstić information content (AvgIpc) is 2.37. The Morgan fingerprint density at radius 1 is 0.800 bits per heavy atom. The predicted octanol–water partition coefficient (Wildman–Crippen LogP) is 2.08.